The van der Waals surface area contributed by atoms with Crippen molar-refractivity contribution in [2.24, 2.45) is 0 Å². The number of hydrogen-bond donors (Lipinski definition) is 1. The van der Waals surface area contributed by atoms with Crippen molar-refractivity contribution in [3.05, 3.63) is 54.1 Å². The topological polar surface area (TPSA) is 101 Å². The molecule has 0 aliphatic carbocycles. The van der Waals surface area contributed by atoms with E-state index < -0.39 is 0 Å². The summed E-state index contributed by atoms with van der Waals surface area (Å²) in [7, 11) is 4.25. The van der Waals surface area contributed by atoms with Gasteiger partial charge in [-0.2, -0.15) is 9.97 Å². The molecule has 5 aromatic rings. The van der Waals surface area contributed by atoms with Crippen LogP contribution in [0.3, 0.4) is 0 Å². The van der Waals surface area contributed by atoms with E-state index in [1.54, 1.807) is 23.9 Å². The first-order chi connectivity index (χ1) is 17.2. The molecular formula is C24H25N9OS. The molecule has 0 spiro atoms. The smallest absolute Gasteiger partial charge is 0.229 e. The zero-order chi connectivity index (χ0) is 23.8. The van der Waals surface area contributed by atoms with Crippen LogP contribution in [0.15, 0.2) is 58.5 Å². The fourth-order valence-electron chi connectivity index (χ4n) is 4.38. The number of likely N-dealkylation sites (tertiary alicyclic amines) is 1. The van der Waals surface area contributed by atoms with Gasteiger partial charge in [0.15, 0.2) is 35.0 Å². The zero-order valence-corrected chi connectivity index (χ0v) is 20.3. The molecule has 0 unspecified atom stereocenters. The van der Waals surface area contributed by atoms with Crippen LogP contribution in [0.1, 0.15) is 12.8 Å². The maximum atomic E-state index is 5.40. The first kappa shape index (κ1) is 21.7. The summed E-state index contributed by atoms with van der Waals surface area (Å²) >= 11 is 1.54. The molecule has 1 N–H and O–H groups in total. The molecule has 1 aliphatic rings. The van der Waals surface area contributed by atoms with Crippen LogP contribution in [-0.2, 0) is 0 Å². The highest BCUT2D eigenvalue weighted by Crippen LogP contribution is 2.29. The van der Waals surface area contributed by atoms with Gasteiger partial charge in [-0.3, -0.25) is 4.57 Å². The normalized spacial score (nSPS) is 15.0. The first-order valence-electron chi connectivity index (χ1n) is 11.5. The van der Waals surface area contributed by atoms with Crippen LogP contribution in [0, 0.1) is 0 Å². The molecule has 0 amide bonds. The fraction of sp³-hybridized carbons (Fsp3) is 0.292. The minimum atomic E-state index is 0.383. The number of nitrogens with one attached hydrogen (secondary N) is 1. The molecule has 0 saturated carbocycles. The van der Waals surface area contributed by atoms with Crippen molar-refractivity contribution in [2.75, 3.05) is 37.4 Å². The Bertz CT molecular complexity index is 1410. The highest BCUT2D eigenvalue weighted by molar-refractivity contribution is 7.07. The third kappa shape index (κ3) is 4.24. The summed E-state index contributed by atoms with van der Waals surface area (Å²) in [5, 5.41) is 5.44. The van der Waals surface area contributed by atoms with Crippen LogP contribution >= 0.6 is 11.3 Å². The fourth-order valence-corrected chi connectivity index (χ4v) is 4.91. The van der Waals surface area contributed by atoms with Gasteiger partial charge in [-0.1, -0.05) is 0 Å². The number of oxazole rings is 1. The van der Waals surface area contributed by atoms with Crippen LogP contribution < -0.4 is 10.2 Å². The second-order valence-corrected chi connectivity index (χ2v) is 9.44. The van der Waals surface area contributed by atoms with Crippen molar-refractivity contribution in [3.8, 4) is 17.1 Å². The molecule has 11 heteroatoms. The monoisotopic (exact) mass is 487 g/mol. The quantitative estimate of drug-likeness (QED) is 0.377. The summed E-state index contributed by atoms with van der Waals surface area (Å²) in [4.78, 5) is 27.5. The van der Waals surface area contributed by atoms with Crippen LogP contribution in [0.2, 0.25) is 0 Å². The molecule has 0 bridgehead atoms. The zero-order valence-electron chi connectivity index (χ0n) is 19.5. The van der Waals surface area contributed by atoms with Gasteiger partial charge in [0.2, 0.25) is 5.95 Å². The SMILES string of the molecule is CN1CCC(N(C)c2nc(Nc3ccc(-c4cnco4)cc3)c3ncn(-c4cscn4)c3n2)CC1. The van der Waals surface area contributed by atoms with Gasteiger partial charge in [0.1, 0.15) is 6.33 Å². The van der Waals surface area contributed by atoms with Gasteiger partial charge < -0.3 is 19.5 Å². The van der Waals surface area contributed by atoms with Crippen molar-refractivity contribution in [1.29, 1.82) is 0 Å². The van der Waals surface area contributed by atoms with E-state index in [-0.39, 0.29) is 0 Å². The van der Waals surface area contributed by atoms with Gasteiger partial charge >= 0.3 is 0 Å². The molecule has 178 valence electrons. The van der Waals surface area contributed by atoms with Crippen molar-refractivity contribution in [3.63, 3.8) is 0 Å². The standard InChI is InChI=1S/C24H25N9OS/c1-31-9-7-18(8-10-31)32(2)24-29-22(21-23(30-24)33(13-26-21)20-12-35-15-27-20)28-17-5-3-16(4-6-17)19-11-25-14-34-19/h3-6,11-15,18H,7-10H2,1-2H3,(H,28,29,30). The Labute approximate surface area is 206 Å². The minimum absolute atomic E-state index is 0.383. The van der Waals surface area contributed by atoms with E-state index in [1.807, 2.05) is 39.7 Å². The summed E-state index contributed by atoms with van der Waals surface area (Å²) in [6, 6.07) is 8.34. The van der Waals surface area contributed by atoms with Gasteiger partial charge in [0, 0.05) is 29.7 Å². The summed E-state index contributed by atoms with van der Waals surface area (Å²) in [6.45, 7) is 2.13. The number of thiazole rings is 1. The van der Waals surface area contributed by atoms with Gasteiger partial charge in [-0.25, -0.2) is 15.0 Å². The Kier molecular flexibility index (Phi) is 5.63. The largest absolute Gasteiger partial charge is 0.444 e. The second kappa shape index (κ2) is 9.08. The third-order valence-electron chi connectivity index (χ3n) is 6.47. The predicted molar refractivity (Wildman–Crippen MR) is 136 cm³/mol. The maximum absolute atomic E-state index is 5.40. The summed E-state index contributed by atoms with van der Waals surface area (Å²) in [5.41, 5.74) is 5.07. The molecule has 1 aliphatic heterocycles. The van der Waals surface area contributed by atoms with Crippen LogP contribution in [0.4, 0.5) is 17.5 Å². The Morgan fingerprint density at radius 1 is 1.11 bits per heavy atom. The molecule has 0 radical (unpaired) electrons. The van der Waals surface area contributed by atoms with E-state index in [9.17, 15) is 0 Å². The third-order valence-corrected chi connectivity index (χ3v) is 7.04. The van der Waals surface area contributed by atoms with E-state index in [2.05, 4.69) is 44.2 Å². The van der Waals surface area contributed by atoms with E-state index in [0.29, 0.717) is 23.3 Å². The minimum Gasteiger partial charge on any atom is -0.444 e. The average Bonchev–Trinajstić information content (AvgIpc) is 3.66. The lowest BCUT2D eigenvalue weighted by molar-refractivity contribution is 0.252. The van der Waals surface area contributed by atoms with E-state index >= 15 is 0 Å². The van der Waals surface area contributed by atoms with E-state index in [4.69, 9.17) is 14.4 Å². The van der Waals surface area contributed by atoms with Crippen molar-refractivity contribution < 1.29 is 4.42 Å². The number of aromatic nitrogens is 6. The molecular weight excluding hydrogens is 462 g/mol. The van der Waals surface area contributed by atoms with Crippen molar-refractivity contribution in [2.45, 2.75) is 18.9 Å². The average molecular weight is 488 g/mol. The van der Waals surface area contributed by atoms with Gasteiger partial charge in [-0.05, 0) is 57.2 Å². The maximum Gasteiger partial charge on any atom is 0.229 e. The molecule has 4 aromatic heterocycles. The highest BCUT2D eigenvalue weighted by Gasteiger charge is 2.24. The molecule has 1 aromatic carbocycles. The Hall–Kier alpha value is -3.83. The molecule has 10 nitrogen and oxygen atoms in total. The lowest BCUT2D eigenvalue weighted by Gasteiger charge is -2.35. The first-order valence-corrected chi connectivity index (χ1v) is 12.4. The molecule has 0 atom stereocenters. The number of nitrogens with zero attached hydrogens (tertiary/aromatic N) is 8. The Morgan fingerprint density at radius 2 is 1.94 bits per heavy atom. The molecule has 1 fully saturated rings. The van der Waals surface area contributed by atoms with Crippen LogP contribution in [0.25, 0.3) is 28.3 Å². The lowest BCUT2D eigenvalue weighted by Crippen LogP contribution is -2.42. The number of imidazole rings is 1. The lowest BCUT2D eigenvalue weighted by atomic mass is 10.0. The van der Waals surface area contributed by atoms with Gasteiger partial charge in [0.05, 0.1) is 11.7 Å². The summed E-state index contributed by atoms with van der Waals surface area (Å²) in [5.74, 6) is 2.85. The number of benzene rings is 1. The highest BCUT2D eigenvalue weighted by atomic mass is 32.1. The molecule has 35 heavy (non-hydrogen) atoms. The summed E-state index contributed by atoms with van der Waals surface area (Å²) in [6.07, 6.45) is 7.04. The van der Waals surface area contributed by atoms with Crippen molar-refractivity contribution in [1.82, 2.24) is 34.4 Å². The Morgan fingerprint density at radius 3 is 2.66 bits per heavy atom. The van der Waals surface area contributed by atoms with E-state index in [0.717, 1.165) is 54.4 Å². The molecule has 5 heterocycles. The number of fused-ring (bicyclic) bond motifs is 1. The number of anilines is 3. The number of piperidine rings is 1. The number of hydrogen-bond acceptors (Lipinski definition) is 10. The molecule has 6 rings (SSSR count). The summed E-state index contributed by atoms with van der Waals surface area (Å²) < 4.78 is 7.32. The number of rotatable bonds is 6. The van der Waals surface area contributed by atoms with Crippen LogP contribution in [-0.4, -0.2) is 67.6 Å². The van der Waals surface area contributed by atoms with Gasteiger partial charge in [-0.15, -0.1) is 11.3 Å². The van der Waals surface area contributed by atoms with Crippen molar-refractivity contribution >= 4 is 40.0 Å². The second-order valence-electron chi connectivity index (χ2n) is 8.72. The Balaban J connectivity index is 1.38. The van der Waals surface area contributed by atoms with Gasteiger partial charge in [0.25, 0.3) is 0 Å². The van der Waals surface area contributed by atoms with Crippen LogP contribution in [0.5, 0.6) is 0 Å². The predicted octanol–water partition coefficient (Wildman–Crippen LogP) is 4.20. The van der Waals surface area contributed by atoms with E-state index in [1.165, 1.54) is 6.39 Å². The molecule has 1 saturated heterocycles.